The number of hydrogen-bond donors (Lipinski definition) is 2. The quantitative estimate of drug-likeness (QED) is 0.847. The third-order valence-electron chi connectivity index (χ3n) is 3.34. The molecule has 0 radical (unpaired) electrons. The number of benzene rings is 2. The highest BCUT2D eigenvalue weighted by Gasteiger charge is 2.36. The average Bonchev–Trinajstić information content (AvgIpc) is 2.51. The second-order valence-electron chi connectivity index (χ2n) is 5.55. The third kappa shape index (κ3) is 4.12. The van der Waals surface area contributed by atoms with E-state index in [-0.39, 0.29) is 0 Å². The van der Waals surface area contributed by atoms with Crippen molar-refractivity contribution in [1.82, 2.24) is 0 Å². The molecule has 120 valence electrons. The van der Waals surface area contributed by atoms with Crippen LogP contribution in [0.15, 0.2) is 48.5 Å². The van der Waals surface area contributed by atoms with Crippen LogP contribution in [0, 0.1) is 17.0 Å². The van der Waals surface area contributed by atoms with Crippen LogP contribution in [-0.2, 0) is 9.59 Å². The zero-order valence-corrected chi connectivity index (χ0v) is 12.7. The first-order valence-electron chi connectivity index (χ1n) is 6.93. The fraction of sp³-hybridized carbons (Fsp3) is 0.176. The van der Waals surface area contributed by atoms with Crippen LogP contribution < -0.4 is 10.6 Å². The minimum Gasteiger partial charge on any atom is -0.325 e. The van der Waals surface area contributed by atoms with Crippen LogP contribution in [0.5, 0.6) is 0 Å². The number of halogens is 2. The number of hydrogen-bond acceptors (Lipinski definition) is 2. The van der Waals surface area contributed by atoms with E-state index in [9.17, 15) is 18.4 Å². The van der Waals surface area contributed by atoms with Gasteiger partial charge in [0.1, 0.15) is 17.0 Å². The fourth-order valence-corrected chi connectivity index (χ4v) is 1.74. The summed E-state index contributed by atoms with van der Waals surface area (Å²) >= 11 is 0. The molecule has 23 heavy (non-hydrogen) atoms. The zero-order valence-electron chi connectivity index (χ0n) is 12.7. The number of anilines is 2. The molecule has 0 aliphatic rings. The maximum absolute atomic E-state index is 12.9. The van der Waals surface area contributed by atoms with Gasteiger partial charge in [0.2, 0.25) is 11.8 Å². The SMILES string of the molecule is CC(C)(C(=O)Nc1ccc(F)cc1)C(=O)Nc1ccc(F)cc1. The summed E-state index contributed by atoms with van der Waals surface area (Å²) in [6.07, 6.45) is 0. The van der Waals surface area contributed by atoms with E-state index in [4.69, 9.17) is 0 Å². The molecule has 0 atom stereocenters. The molecule has 2 rings (SSSR count). The zero-order chi connectivity index (χ0) is 17.0. The van der Waals surface area contributed by atoms with E-state index in [0.29, 0.717) is 11.4 Å². The third-order valence-corrected chi connectivity index (χ3v) is 3.34. The molecule has 0 saturated carbocycles. The maximum atomic E-state index is 12.9. The van der Waals surface area contributed by atoms with E-state index in [1.807, 2.05) is 0 Å². The molecule has 2 aromatic rings. The van der Waals surface area contributed by atoms with Gasteiger partial charge in [-0.3, -0.25) is 9.59 Å². The normalized spacial score (nSPS) is 11.0. The molecule has 0 aromatic heterocycles. The molecule has 0 spiro atoms. The van der Waals surface area contributed by atoms with Crippen LogP contribution in [0.2, 0.25) is 0 Å². The van der Waals surface area contributed by atoms with Crippen molar-refractivity contribution in [3.8, 4) is 0 Å². The van der Waals surface area contributed by atoms with Crippen LogP contribution in [0.4, 0.5) is 20.2 Å². The summed E-state index contributed by atoms with van der Waals surface area (Å²) in [5.41, 5.74) is -0.596. The number of carbonyl (C=O) groups excluding carboxylic acids is 2. The van der Waals surface area contributed by atoms with E-state index in [1.54, 1.807) is 0 Å². The summed E-state index contributed by atoms with van der Waals surface area (Å²) in [5.74, 6) is -1.92. The van der Waals surface area contributed by atoms with Gasteiger partial charge in [-0.2, -0.15) is 0 Å². The van der Waals surface area contributed by atoms with Crippen molar-refractivity contribution >= 4 is 23.2 Å². The Labute approximate surface area is 132 Å². The summed E-state index contributed by atoms with van der Waals surface area (Å²) in [6.45, 7) is 2.93. The molecule has 0 aliphatic carbocycles. The molecule has 0 saturated heterocycles. The Morgan fingerprint density at radius 1 is 0.739 bits per heavy atom. The summed E-state index contributed by atoms with van der Waals surface area (Å²) in [7, 11) is 0. The van der Waals surface area contributed by atoms with Crippen LogP contribution in [0.1, 0.15) is 13.8 Å². The van der Waals surface area contributed by atoms with Crippen LogP contribution >= 0.6 is 0 Å². The molecular formula is C17H16F2N2O2. The monoisotopic (exact) mass is 318 g/mol. The lowest BCUT2D eigenvalue weighted by molar-refractivity contribution is -0.135. The number of rotatable bonds is 4. The van der Waals surface area contributed by atoms with Gasteiger partial charge in [0.25, 0.3) is 0 Å². The van der Waals surface area contributed by atoms with E-state index >= 15 is 0 Å². The van der Waals surface area contributed by atoms with Gasteiger partial charge in [-0.15, -0.1) is 0 Å². The second-order valence-corrected chi connectivity index (χ2v) is 5.55. The first-order chi connectivity index (χ1) is 10.8. The Balaban J connectivity index is 2.06. The minimum atomic E-state index is -1.37. The van der Waals surface area contributed by atoms with Crippen LogP contribution in [0.25, 0.3) is 0 Å². The van der Waals surface area contributed by atoms with Gasteiger partial charge in [-0.25, -0.2) is 8.78 Å². The molecule has 2 N–H and O–H groups in total. The summed E-state index contributed by atoms with van der Waals surface area (Å²) in [4.78, 5) is 24.6. The van der Waals surface area contributed by atoms with Crippen molar-refractivity contribution in [2.45, 2.75) is 13.8 Å². The van der Waals surface area contributed by atoms with Crippen LogP contribution in [-0.4, -0.2) is 11.8 Å². The van der Waals surface area contributed by atoms with Gasteiger partial charge in [0.15, 0.2) is 0 Å². The molecule has 0 unspecified atom stereocenters. The van der Waals surface area contributed by atoms with Crippen molar-refractivity contribution in [2.24, 2.45) is 5.41 Å². The van der Waals surface area contributed by atoms with Gasteiger partial charge in [-0.05, 0) is 62.4 Å². The van der Waals surface area contributed by atoms with Gasteiger partial charge >= 0.3 is 0 Å². The smallest absolute Gasteiger partial charge is 0.239 e. The molecule has 0 aliphatic heterocycles. The van der Waals surface area contributed by atoms with Gasteiger partial charge < -0.3 is 10.6 Å². The van der Waals surface area contributed by atoms with Crippen molar-refractivity contribution in [1.29, 1.82) is 0 Å². The molecule has 2 amide bonds. The number of carbonyl (C=O) groups is 2. The van der Waals surface area contributed by atoms with Crippen molar-refractivity contribution in [3.63, 3.8) is 0 Å². The molecule has 0 heterocycles. The maximum Gasteiger partial charge on any atom is 0.239 e. The highest BCUT2D eigenvalue weighted by atomic mass is 19.1. The highest BCUT2D eigenvalue weighted by Crippen LogP contribution is 2.22. The van der Waals surface area contributed by atoms with E-state index in [1.165, 1.54) is 62.4 Å². The summed E-state index contributed by atoms with van der Waals surface area (Å²) < 4.78 is 25.7. The topological polar surface area (TPSA) is 58.2 Å². The Kier molecular flexibility index (Phi) is 4.74. The predicted molar refractivity (Wildman–Crippen MR) is 83.8 cm³/mol. The Bertz CT molecular complexity index is 649. The number of amides is 2. The Morgan fingerprint density at radius 3 is 1.35 bits per heavy atom. The van der Waals surface area contributed by atoms with Crippen molar-refractivity contribution in [2.75, 3.05) is 10.6 Å². The molecule has 6 heteroatoms. The molecular weight excluding hydrogens is 302 g/mol. The first kappa shape index (κ1) is 16.6. The van der Waals surface area contributed by atoms with Gasteiger partial charge in [-0.1, -0.05) is 0 Å². The minimum absolute atomic E-state index is 0.388. The largest absolute Gasteiger partial charge is 0.325 e. The Morgan fingerprint density at radius 2 is 1.04 bits per heavy atom. The fourth-order valence-electron chi connectivity index (χ4n) is 1.74. The second kappa shape index (κ2) is 6.56. The predicted octanol–water partition coefficient (Wildman–Crippen LogP) is 3.57. The standard InChI is InChI=1S/C17H16F2N2O2/c1-17(2,15(22)20-13-7-3-11(18)4-8-13)16(23)21-14-9-5-12(19)6-10-14/h3-10H,1-2H3,(H,20,22)(H,21,23). The van der Waals surface area contributed by atoms with Gasteiger partial charge in [0, 0.05) is 11.4 Å². The summed E-state index contributed by atoms with van der Waals surface area (Å²) in [6, 6.07) is 10.5. The highest BCUT2D eigenvalue weighted by molar-refractivity contribution is 6.13. The lowest BCUT2D eigenvalue weighted by atomic mass is 9.90. The molecule has 2 aromatic carbocycles. The number of nitrogens with one attached hydrogen (secondary N) is 2. The van der Waals surface area contributed by atoms with E-state index in [2.05, 4.69) is 10.6 Å². The lowest BCUT2D eigenvalue weighted by Crippen LogP contribution is -2.41. The van der Waals surface area contributed by atoms with Crippen LogP contribution in [0.3, 0.4) is 0 Å². The first-order valence-corrected chi connectivity index (χ1v) is 6.93. The molecule has 4 nitrogen and oxygen atoms in total. The van der Waals surface area contributed by atoms with E-state index in [0.717, 1.165) is 0 Å². The van der Waals surface area contributed by atoms with E-state index < -0.39 is 28.9 Å². The lowest BCUT2D eigenvalue weighted by Gasteiger charge is -2.22. The molecule has 0 fully saturated rings. The summed E-state index contributed by atoms with van der Waals surface area (Å²) in [5, 5.41) is 5.12. The van der Waals surface area contributed by atoms with Crippen molar-refractivity contribution < 1.29 is 18.4 Å². The average molecular weight is 318 g/mol. The van der Waals surface area contributed by atoms with Gasteiger partial charge in [0.05, 0.1) is 0 Å². The van der Waals surface area contributed by atoms with Crippen molar-refractivity contribution in [3.05, 3.63) is 60.2 Å². The Hall–Kier alpha value is -2.76. The molecule has 0 bridgehead atoms.